The number of nitrogen functional groups attached to an aromatic ring is 1. The summed E-state index contributed by atoms with van der Waals surface area (Å²) in [6.45, 7) is 6.38. The second-order valence-electron chi connectivity index (χ2n) is 4.46. The van der Waals surface area contributed by atoms with Gasteiger partial charge in [0.1, 0.15) is 0 Å². The van der Waals surface area contributed by atoms with Crippen LogP contribution in [0.2, 0.25) is 0 Å². The molecule has 0 amide bonds. The molecular formula is C11H23N5. The molecule has 0 aliphatic carbocycles. The van der Waals surface area contributed by atoms with Gasteiger partial charge < -0.3 is 16.0 Å². The van der Waals surface area contributed by atoms with E-state index in [4.69, 9.17) is 5.73 Å². The number of hydrogen-bond donors (Lipinski definition) is 2. The van der Waals surface area contributed by atoms with Crippen molar-refractivity contribution in [2.24, 2.45) is 7.05 Å². The van der Waals surface area contributed by atoms with Crippen molar-refractivity contribution in [3.8, 4) is 0 Å². The van der Waals surface area contributed by atoms with Crippen molar-refractivity contribution in [3.05, 3.63) is 6.20 Å². The molecule has 1 heterocycles. The number of aromatic nitrogens is 2. The topological polar surface area (TPSA) is 59.1 Å². The van der Waals surface area contributed by atoms with Crippen LogP contribution in [0.1, 0.15) is 20.3 Å². The molecule has 0 fully saturated rings. The summed E-state index contributed by atoms with van der Waals surface area (Å²) in [4.78, 5) is 2.32. The highest BCUT2D eigenvalue weighted by Gasteiger charge is 2.04. The molecule has 0 aromatic carbocycles. The fourth-order valence-electron chi connectivity index (χ4n) is 1.44. The summed E-state index contributed by atoms with van der Waals surface area (Å²) in [6.07, 6.45) is 2.90. The second kappa shape index (κ2) is 5.75. The number of nitrogens with zero attached hydrogens (tertiary/aromatic N) is 3. The Bertz CT molecular complexity index is 318. The van der Waals surface area contributed by atoms with Crippen molar-refractivity contribution in [2.45, 2.75) is 26.3 Å². The molecule has 92 valence electrons. The standard InChI is InChI=1S/C11H23N5/c1-9(2)15(3)7-5-6-13-11-10(12)8-16(4)14-11/h8-9H,5-7,12H2,1-4H3,(H,13,14). The molecule has 0 aliphatic rings. The summed E-state index contributed by atoms with van der Waals surface area (Å²) in [5.74, 6) is 0.787. The van der Waals surface area contributed by atoms with Crippen molar-refractivity contribution in [3.63, 3.8) is 0 Å². The number of aryl methyl sites for hydroxylation is 1. The Morgan fingerprint density at radius 2 is 2.25 bits per heavy atom. The molecule has 0 aliphatic heterocycles. The van der Waals surface area contributed by atoms with Crippen molar-refractivity contribution in [1.82, 2.24) is 14.7 Å². The van der Waals surface area contributed by atoms with Gasteiger partial charge in [-0.05, 0) is 33.9 Å². The molecule has 1 rings (SSSR count). The van der Waals surface area contributed by atoms with Crippen LogP contribution in [0.15, 0.2) is 6.20 Å². The van der Waals surface area contributed by atoms with Gasteiger partial charge in [-0.2, -0.15) is 5.10 Å². The maximum Gasteiger partial charge on any atom is 0.171 e. The summed E-state index contributed by atoms with van der Waals surface area (Å²) in [7, 11) is 4.01. The summed E-state index contributed by atoms with van der Waals surface area (Å²) in [5, 5.41) is 7.47. The van der Waals surface area contributed by atoms with E-state index in [1.54, 1.807) is 4.68 Å². The summed E-state index contributed by atoms with van der Waals surface area (Å²) >= 11 is 0. The second-order valence-corrected chi connectivity index (χ2v) is 4.46. The molecule has 5 nitrogen and oxygen atoms in total. The quantitative estimate of drug-likeness (QED) is 0.713. The fraction of sp³-hybridized carbons (Fsp3) is 0.727. The van der Waals surface area contributed by atoms with E-state index in [-0.39, 0.29) is 0 Å². The average Bonchev–Trinajstić information content (AvgIpc) is 2.51. The van der Waals surface area contributed by atoms with Gasteiger partial charge in [0.2, 0.25) is 0 Å². The number of rotatable bonds is 6. The monoisotopic (exact) mass is 225 g/mol. The molecule has 0 atom stereocenters. The van der Waals surface area contributed by atoms with E-state index in [9.17, 15) is 0 Å². The first-order chi connectivity index (χ1) is 7.50. The molecular weight excluding hydrogens is 202 g/mol. The molecule has 5 heteroatoms. The molecule has 1 aromatic heterocycles. The Morgan fingerprint density at radius 1 is 1.56 bits per heavy atom. The molecule has 3 N–H and O–H groups in total. The molecule has 0 saturated heterocycles. The van der Waals surface area contributed by atoms with Crippen LogP contribution in [0.5, 0.6) is 0 Å². The highest BCUT2D eigenvalue weighted by atomic mass is 15.3. The minimum atomic E-state index is 0.597. The number of anilines is 2. The lowest BCUT2D eigenvalue weighted by Gasteiger charge is -2.20. The Balaban J connectivity index is 2.23. The van der Waals surface area contributed by atoms with Crippen LogP contribution in [0.4, 0.5) is 11.5 Å². The Kier molecular flexibility index (Phi) is 4.61. The largest absolute Gasteiger partial charge is 0.394 e. The van der Waals surface area contributed by atoms with E-state index < -0.39 is 0 Å². The zero-order valence-corrected chi connectivity index (χ0v) is 10.7. The van der Waals surface area contributed by atoms with Crippen LogP contribution in [0.3, 0.4) is 0 Å². The van der Waals surface area contributed by atoms with Gasteiger partial charge in [0.25, 0.3) is 0 Å². The third-order valence-corrected chi connectivity index (χ3v) is 2.72. The molecule has 0 radical (unpaired) electrons. The smallest absolute Gasteiger partial charge is 0.171 e. The number of nitrogens with two attached hydrogens (primary N) is 1. The van der Waals surface area contributed by atoms with Gasteiger partial charge in [0.15, 0.2) is 5.82 Å². The first-order valence-electron chi connectivity index (χ1n) is 5.74. The third-order valence-electron chi connectivity index (χ3n) is 2.72. The maximum atomic E-state index is 5.78. The Morgan fingerprint density at radius 3 is 2.75 bits per heavy atom. The normalized spacial score (nSPS) is 11.4. The van der Waals surface area contributed by atoms with Crippen LogP contribution < -0.4 is 11.1 Å². The van der Waals surface area contributed by atoms with Gasteiger partial charge in [-0.15, -0.1) is 0 Å². The number of hydrogen-bond acceptors (Lipinski definition) is 4. The van der Waals surface area contributed by atoms with Crippen LogP contribution in [0.25, 0.3) is 0 Å². The molecule has 0 bridgehead atoms. The highest BCUT2D eigenvalue weighted by Crippen LogP contribution is 2.13. The minimum Gasteiger partial charge on any atom is -0.394 e. The van der Waals surface area contributed by atoms with Gasteiger partial charge in [-0.3, -0.25) is 4.68 Å². The summed E-state index contributed by atoms with van der Waals surface area (Å²) < 4.78 is 1.72. The van der Waals surface area contributed by atoms with E-state index in [0.29, 0.717) is 11.7 Å². The van der Waals surface area contributed by atoms with E-state index in [2.05, 4.69) is 36.2 Å². The maximum absolute atomic E-state index is 5.78. The lowest BCUT2D eigenvalue weighted by Crippen LogP contribution is -2.28. The molecule has 0 unspecified atom stereocenters. The minimum absolute atomic E-state index is 0.597. The first-order valence-corrected chi connectivity index (χ1v) is 5.74. The molecule has 0 spiro atoms. The number of nitrogens with one attached hydrogen (secondary N) is 1. The Hall–Kier alpha value is -1.23. The van der Waals surface area contributed by atoms with E-state index >= 15 is 0 Å². The lowest BCUT2D eigenvalue weighted by molar-refractivity contribution is 0.273. The summed E-state index contributed by atoms with van der Waals surface area (Å²) in [5.41, 5.74) is 6.48. The first kappa shape index (κ1) is 12.8. The highest BCUT2D eigenvalue weighted by molar-refractivity contribution is 5.59. The van der Waals surface area contributed by atoms with Gasteiger partial charge in [-0.25, -0.2) is 0 Å². The predicted octanol–water partition coefficient (Wildman–Crippen LogP) is 1.14. The zero-order chi connectivity index (χ0) is 12.1. The third kappa shape index (κ3) is 3.73. The van der Waals surface area contributed by atoms with Crippen molar-refractivity contribution < 1.29 is 0 Å². The fourth-order valence-corrected chi connectivity index (χ4v) is 1.44. The average molecular weight is 225 g/mol. The van der Waals surface area contributed by atoms with E-state index in [1.807, 2.05) is 13.2 Å². The Labute approximate surface area is 97.6 Å². The van der Waals surface area contributed by atoms with Crippen LogP contribution in [0, 0.1) is 0 Å². The van der Waals surface area contributed by atoms with E-state index in [1.165, 1.54) is 0 Å². The van der Waals surface area contributed by atoms with Crippen LogP contribution >= 0.6 is 0 Å². The zero-order valence-electron chi connectivity index (χ0n) is 10.7. The molecule has 16 heavy (non-hydrogen) atoms. The van der Waals surface area contributed by atoms with Gasteiger partial charge >= 0.3 is 0 Å². The van der Waals surface area contributed by atoms with Crippen molar-refractivity contribution in [2.75, 3.05) is 31.2 Å². The van der Waals surface area contributed by atoms with Crippen molar-refractivity contribution >= 4 is 11.5 Å². The van der Waals surface area contributed by atoms with Gasteiger partial charge in [-0.1, -0.05) is 0 Å². The molecule has 1 aromatic rings. The van der Waals surface area contributed by atoms with Crippen LogP contribution in [-0.4, -0.2) is 40.9 Å². The molecule has 0 saturated carbocycles. The van der Waals surface area contributed by atoms with Gasteiger partial charge in [0, 0.05) is 25.8 Å². The summed E-state index contributed by atoms with van der Waals surface area (Å²) in [6, 6.07) is 0.597. The van der Waals surface area contributed by atoms with Gasteiger partial charge in [0.05, 0.1) is 5.69 Å². The van der Waals surface area contributed by atoms with Crippen molar-refractivity contribution in [1.29, 1.82) is 0 Å². The lowest BCUT2D eigenvalue weighted by atomic mass is 10.3. The SMILES string of the molecule is CC(C)N(C)CCCNc1nn(C)cc1N. The van der Waals surface area contributed by atoms with E-state index in [0.717, 1.165) is 25.3 Å². The predicted molar refractivity (Wildman–Crippen MR) is 68.5 cm³/mol. The van der Waals surface area contributed by atoms with Crippen LogP contribution in [-0.2, 0) is 7.05 Å².